The van der Waals surface area contributed by atoms with Gasteiger partial charge in [0.2, 0.25) is 0 Å². The van der Waals surface area contributed by atoms with Gasteiger partial charge < -0.3 is 15.6 Å². The van der Waals surface area contributed by atoms with Crippen molar-refractivity contribution >= 4 is 23.0 Å². The average Bonchev–Trinajstić information content (AvgIpc) is 2.47. The molecule has 0 atom stereocenters. The van der Waals surface area contributed by atoms with Gasteiger partial charge in [0.1, 0.15) is 0 Å². The maximum absolute atomic E-state index is 12.2. The van der Waals surface area contributed by atoms with Gasteiger partial charge in [-0.1, -0.05) is 12.1 Å². The zero-order valence-corrected chi connectivity index (χ0v) is 11.6. The Hall–Kier alpha value is -2.53. The smallest absolute Gasteiger partial charge is 0.255 e. The number of para-hydroxylation sites is 2. The van der Waals surface area contributed by atoms with E-state index in [-0.39, 0.29) is 5.91 Å². The van der Waals surface area contributed by atoms with Crippen LogP contribution in [-0.2, 0) is 0 Å². The van der Waals surface area contributed by atoms with Crippen molar-refractivity contribution in [2.45, 2.75) is 0 Å². The summed E-state index contributed by atoms with van der Waals surface area (Å²) in [6.45, 7) is 0. The van der Waals surface area contributed by atoms with E-state index in [2.05, 4.69) is 10.7 Å². The van der Waals surface area contributed by atoms with Crippen molar-refractivity contribution < 1.29 is 4.79 Å². The number of anilines is 3. The fourth-order valence-electron chi connectivity index (χ4n) is 1.88. The lowest BCUT2D eigenvalue weighted by Crippen LogP contribution is -2.16. The van der Waals surface area contributed by atoms with E-state index in [1.54, 1.807) is 24.3 Å². The molecule has 0 bridgehead atoms. The monoisotopic (exact) mass is 270 g/mol. The Bertz CT molecular complexity index is 593. The largest absolute Gasteiger partial charge is 0.376 e. The summed E-state index contributed by atoms with van der Waals surface area (Å²) < 4.78 is 0. The van der Waals surface area contributed by atoms with Gasteiger partial charge in [0.25, 0.3) is 5.91 Å². The van der Waals surface area contributed by atoms with Crippen molar-refractivity contribution in [3.63, 3.8) is 0 Å². The Morgan fingerprint density at radius 3 is 2.30 bits per heavy atom. The highest BCUT2D eigenvalue weighted by atomic mass is 16.1. The SMILES string of the molecule is CN(C)c1ccccc1NC(=O)c1ccc(NN)cc1. The molecular formula is C15H18N4O. The lowest BCUT2D eigenvalue weighted by Gasteiger charge is -2.17. The minimum atomic E-state index is -0.150. The van der Waals surface area contributed by atoms with Crippen LogP contribution in [-0.4, -0.2) is 20.0 Å². The molecule has 0 aromatic heterocycles. The van der Waals surface area contributed by atoms with Crippen LogP contribution in [0.4, 0.5) is 17.1 Å². The molecule has 0 unspecified atom stereocenters. The van der Waals surface area contributed by atoms with Gasteiger partial charge in [-0.05, 0) is 36.4 Å². The summed E-state index contributed by atoms with van der Waals surface area (Å²) in [5.74, 6) is 5.15. The number of rotatable bonds is 4. The van der Waals surface area contributed by atoms with E-state index in [1.165, 1.54) is 0 Å². The summed E-state index contributed by atoms with van der Waals surface area (Å²) in [6.07, 6.45) is 0. The van der Waals surface area contributed by atoms with Crippen molar-refractivity contribution in [2.75, 3.05) is 29.7 Å². The van der Waals surface area contributed by atoms with Crippen LogP contribution in [0.25, 0.3) is 0 Å². The maximum Gasteiger partial charge on any atom is 0.255 e. The summed E-state index contributed by atoms with van der Waals surface area (Å²) in [7, 11) is 3.87. The molecule has 0 spiro atoms. The number of nitrogen functional groups attached to an aromatic ring is 1. The molecule has 0 radical (unpaired) electrons. The topological polar surface area (TPSA) is 70.4 Å². The van der Waals surface area contributed by atoms with Gasteiger partial charge in [-0.3, -0.25) is 10.6 Å². The molecule has 5 heteroatoms. The number of nitrogens with zero attached hydrogens (tertiary/aromatic N) is 1. The molecule has 5 nitrogen and oxygen atoms in total. The lowest BCUT2D eigenvalue weighted by molar-refractivity contribution is 0.102. The number of hydrogen-bond donors (Lipinski definition) is 3. The Balaban J connectivity index is 2.19. The summed E-state index contributed by atoms with van der Waals surface area (Å²) in [4.78, 5) is 14.2. The second kappa shape index (κ2) is 6.08. The molecule has 0 saturated heterocycles. The average molecular weight is 270 g/mol. The molecule has 2 aromatic rings. The first-order valence-electron chi connectivity index (χ1n) is 6.26. The zero-order chi connectivity index (χ0) is 14.5. The Kier molecular flexibility index (Phi) is 4.22. The fourth-order valence-corrected chi connectivity index (χ4v) is 1.88. The molecule has 0 fully saturated rings. The molecule has 20 heavy (non-hydrogen) atoms. The van der Waals surface area contributed by atoms with Crippen molar-refractivity contribution in [1.82, 2.24) is 0 Å². The summed E-state index contributed by atoms with van der Waals surface area (Å²) >= 11 is 0. The number of nitrogens with two attached hydrogens (primary N) is 1. The predicted molar refractivity (Wildman–Crippen MR) is 83.0 cm³/mol. The van der Waals surface area contributed by atoms with E-state index in [0.717, 1.165) is 17.1 Å². The van der Waals surface area contributed by atoms with E-state index in [9.17, 15) is 4.79 Å². The van der Waals surface area contributed by atoms with Gasteiger partial charge in [-0.2, -0.15) is 0 Å². The quantitative estimate of drug-likeness (QED) is 0.589. The molecule has 4 N–H and O–H groups in total. The second-order valence-corrected chi connectivity index (χ2v) is 4.59. The van der Waals surface area contributed by atoms with Gasteiger partial charge in [0, 0.05) is 25.3 Å². The Labute approximate surface area is 118 Å². The molecule has 2 aromatic carbocycles. The van der Waals surface area contributed by atoms with Gasteiger partial charge in [0.05, 0.1) is 11.4 Å². The molecule has 0 saturated carbocycles. The minimum Gasteiger partial charge on any atom is -0.376 e. The highest BCUT2D eigenvalue weighted by Gasteiger charge is 2.09. The first kappa shape index (κ1) is 13.9. The first-order valence-corrected chi connectivity index (χ1v) is 6.26. The number of carbonyl (C=O) groups is 1. The maximum atomic E-state index is 12.2. The van der Waals surface area contributed by atoms with Crippen LogP contribution < -0.4 is 21.5 Å². The van der Waals surface area contributed by atoms with Crippen LogP contribution >= 0.6 is 0 Å². The molecule has 0 aliphatic rings. The van der Waals surface area contributed by atoms with Crippen LogP contribution in [0.1, 0.15) is 10.4 Å². The molecule has 0 aliphatic heterocycles. The number of hydrazine groups is 1. The van der Waals surface area contributed by atoms with Crippen molar-refractivity contribution in [3.05, 3.63) is 54.1 Å². The highest BCUT2D eigenvalue weighted by Crippen LogP contribution is 2.24. The number of carbonyl (C=O) groups excluding carboxylic acids is 1. The number of hydrogen-bond acceptors (Lipinski definition) is 4. The lowest BCUT2D eigenvalue weighted by atomic mass is 10.2. The molecule has 0 heterocycles. The van der Waals surface area contributed by atoms with Crippen LogP contribution in [0.3, 0.4) is 0 Å². The van der Waals surface area contributed by atoms with Crippen LogP contribution in [0, 0.1) is 0 Å². The number of benzene rings is 2. The molecular weight excluding hydrogens is 252 g/mol. The molecule has 0 aliphatic carbocycles. The highest BCUT2D eigenvalue weighted by molar-refractivity contribution is 6.06. The standard InChI is InChI=1S/C15H18N4O/c1-19(2)14-6-4-3-5-13(14)17-15(20)11-7-9-12(18-16)10-8-11/h3-10,18H,16H2,1-2H3,(H,17,20). The van der Waals surface area contributed by atoms with Crippen LogP contribution in [0.2, 0.25) is 0 Å². The second-order valence-electron chi connectivity index (χ2n) is 4.59. The molecule has 2 rings (SSSR count). The van der Waals surface area contributed by atoms with E-state index in [0.29, 0.717) is 5.56 Å². The summed E-state index contributed by atoms with van der Waals surface area (Å²) in [5.41, 5.74) is 5.61. The van der Waals surface area contributed by atoms with E-state index in [1.807, 2.05) is 43.3 Å². The van der Waals surface area contributed by atoms with Gasteiger partial charge >= 0.3 is 0 Å². The van der Waals surface area contributed by atoms with E-state index >= 15 is 0 Å². The van der Waals surface area contributed by atoms with Crippen molar-refractivity contribution in [1.29, 1.82) is 0 Å². The van der Waals surface area contributed by atoms with E-state index < -0.39 is 0 Å². The molecule has 1 amide bonds. The molecule has 104 valence electrons. The zero-order valence-electron chi connectivity index (χ0n) is 11.6. The minimum absolute atomic E-state index is 0.150. The summed E-state index contributed by atoms with van der Waals surface area (Å²) in [5, 5.41) is 2.91. The van der Waals surface area contributed by atoms with E-state index in [4.69, 9.17) is 5.84 Å². The van der Waals surface area contributed by atoms with Crippen molar-refractivity contribution in [2.24, 2.45) is 5.84 Å². The van der Waals surface area contributed by atoms with Crippen molar-refractivity contribution in [3.8, 4) is 0 Å². The number of amides is 1. The third kappa shape index (κ3) is 3.07. The first-order chi connectivity index (χ1) is 9.61. The van der Waals surface area contributed by atoms with Crippen LogP contribution in [0.5, 0.6) is 0 Å². The van der Waals surface area contributed by atoms with Gasteiger partial charge in [-0.15, -0.1) is 0 Å². The number of nitrogens with one attached hydrogen (secondary N) is 2. The third-order valence-corrected chi connectivity index (χ3v) is 2.95. The Morgan fingerprint density at radius 2 is 1.70 bits per heavy atom. The fraction of sp³-hybridized carbons (Fsp3) is 0.133. The van der Waals surface area contributed by atoms with Crippen LogP contribution in [0.15, 0.2) is 48.5 Å². The predicted octanol–water partition coefficient (Wildman–Crippen LogP) is 2.29. The normalized spacial score (nSPS) is 9.95. The third-order valence-electron chi connectivity index (χ3n) is 2.95. The van der Waals surface area contributed by atoms with Gasteiger partial charge in [0.15, 0.2) is 0 Å². The Morgan fingerprint density at radius 1 is 1.05 bits per heavy atom. The summed E-state index contributed by atoms with van der Waals surface area (Å²) in [6, 6.07) is 14.6. The van der Waals surface area contributed by atoms with Gasteiger partial charge in [-0.25, -0.2) is 0 Å².